The number of hydrogen-bond donors (Lipinski definition) is 1. The molecule has 6 heteroatoms. The van der Waals surface area contributed by atoms with Gasteiger partial charge in [0.05, 0.1) is 12.2 Å². The summed E-state index contributed by atoms with van der Waals surface area (Å²) in [6.45, 7) is 8.73. The Morgan fingerprint density at radius 3 is 2.90 bits per heavy atom. The molecule has 0 spiro atoms. The third-order valence-electron chi connectivity index (χ3n) is 3.77. The van der Waals surface area contributed by atoms with E-state index in [1.165, 1.54) is 0 Å². The van der Waals surface area contributed by atoms with Crippen molar-refractivity contribution in [2.45, 2.75) is 51.9 Å². The SMILES string of the molecule is CC(C)NCc1cn(CCN(C)C2CCOCC2)nn1. The maximum Gasteiger partial charge on any atom is 0.0964 e. The van der Waals surface area contributed by atoms with E-state index in [0.717, 1.165) is 51.4 Å². The highest BCUT2D eigenvalue weighted by Gasteiger charge is 2.18. The molecular formula is C14H27N5O. The first kappa shape index (κ1) is 15.4. The number of nitrogens with one attached hydrogen (secondary N) is 1. The van der Waals surface area contributed by atoms with Gasteiger partial charge in [0.25, 0.3) is 0 Å². The highest BCUT2D eigenvalue weighted by atomic mass is 16.5. The van der Waals surface area contributed by atoms with Crippen LogP contribution in [-0.2, 0) is 17.8 Å². The molecule has 0 aliphatic carbocycles. The Hall–Kier alpha value is -0.980. The topological polar surface area (TPSA) is 55.2 Å². The molecule has 0 radical (unpaired) electrons. The van der Waals surface area contributed by atoms with Gasteiger partial charge < -0.3 is 15.0 Å². The molecule has 20 heavy (non-hydrogen) atoms. The Morgan fingerprint density at radius 1 is 1.45 bits per heavy atom. The van der Waals surface area contributed by atoms with E-state index in [-0.39, 0.29) is 0 Å². The van der Waals surface area contributed by atoms with E-state index < -0.39 is 0 Å². The molecule has 114 valence electrons. The lowest BCUT2D eigenvalue weighted by Gasteiger charge is -2.30. The van der Waals surface area contributed by atoms with Crippen LogP contribution in [0.5, 0.6) is 0 Å². The van der Waals surface area contributed by atoms with Crippen LogP contribution in [0.2, 0.25) is 0 Å². The fraction of sp³-hybridized carbons (Fsp3) is 0.857. The van der Waals surface area contributed by atoms with Gasteiger partial charge in [-0.1, -0.05) is 19.1 Å². The Kier molecular flexibility index (Phi) is 5.94. The van der Waals surface area contributed by atoms with Crippen LogP contribution in [0, 0.1) is 0 Å². The lowest BCUT2D eigenvalue weighted by Crippen LogP contribution is -2.38. The summed E-state index contributed by atoms with van der Waals surface area (Å²) in [5.74, 6) is 0. The van der Waals surface area contributed by atoms with E-state index in [2.05, 4.69) is 41.4 Å². The van der Waals surface area contributed by atoms with E-state index in [1.807, 2.05) is 10.9 Å². The molecule has 1 aliphatic heterocycles. The van der Waals surface area contributed by atoms with Crippen molar-refractivity contribution in [1.29, 1.82) is 0 Å². The van der Waals surface area contributed by atoms with Crippen LogP contribution >= 0.6 is 0 Å². The Morgan fingerprint density at radius 2 is 2.20 bits per heavy atom. The van der Waals surface area contributed by atoms with E-state index in [4.69, 9.17) is 4.74 Å². The molecule has 0 amide bonds. The maximum atomic E-state index is 5.40. The first-order valence-electron chi connectivity index (χ1n) is 7.55. The minimum Gasteiger partial charge on any atom is -0.381 e. The van der Waals surface area contributed by atoms with Crippen LogP contribution in [0.3, 0.4) is 0 Å². The maximum absolute atomic E-state index is 5.40. The fourth-order valence-corrected chi connectivity index (χ4v) is 2.41. The van der Waals surface area contributed by atoms with Crippen molar-refractivity contribution in [3.63, 3.8) is 0 Å². The fourth-order valence-electron chi connectivity index (χ4n) is 2.41. The Bertz CT molecular complexity index is 387. The molecule has 2 rings (SSSR count). The molecular weight excluding hydrogens is 254 g/mol. The zero-order chi connectivity index (χ0) is 14.4. The molecule has 0 bridgehead atoms. The first-order chi connectivity index (χ1) is 9.65. The first-order valence-corrected chi connectivity index (χ1v) is 7.55. The van der Waals surface area contributed by atoms with Gasteiger partial charge in [-0.2, -0.15) is 0 Å². The van der Waals surface area contributed by atoms with Crippen molar-refractivity contribution >= 4 is 0 Å². The van der Waals surface area contributed by atoms with Crippen molar-refractivity contribution in [3.8, 4) is 0 Å². The summed E-state index contributed by atoms with van der Waals surface area (Å²) in [5, 5.41) is 11.7. The number of rotatable bonds is 7. The zero-order valence-electron chi connectivity index (χ0n) is 12.9. The van der Waals surface area contributed by atoms with E-state index in [9.17, 15) is 0 Å². The predicted octanol–water partition coefficient (Wildman–Crippen LogP) is 0.887. The molecule has 0 saturated carbocycles. The summed E-state index contributed by atoms with van der Waals surface area (Å²) in [6, 6.07) is 1.12. The number of ether oxygens (including phenoxy) is 1. The number of nitrogens with zero attached hydrogens (tertiary/aromatic N) is 4. The van der Waals surface area contributed by atoms with Crippen LogP contribution in [-0.4, -0.2) is 58.8 Å². The van der Waals surface area contributed by atoms with E-state index in [1.54, 1.807) is 0 Å². The lowest BCUT2D eigenvalue weighted by atomic mass is 10.1. The van der Waals surface area contributed by atoms with Gasteiger partial charge >= 0.3 is 0 Å². The van der Waals surface area contributed by atoms with Crippen molar-refractivity contribution in [3.05, 3.63) is 11.9 Å². The number of likely N-dealkylation sites (N-methyl/N-ethyl adjacent to an activating group) is 1. The van der Waals surface area contributed by atoms with Gasteiger partial charge in [-0.25, -0.2) is 0 Å². The van der Waals surface area contributed by atoms with Crippen molar-refractivity contribution in [1.82, 2.24) is 25.2 Å². The highest BCUT2D eigenvalue weighted by Crippen LogP contribution is 2.12. The molecule has 2 heterocycles. The van der Waals surface area contributed by atoms with Crippen molar-refractivity contribution in [2.24, 2.45) is 0 Å². The second-order valence-electron chi connectivity index (χ2n) is 5.83. The van der Waals surface area contributed by atoms with Gasteiger partial charge in [-0.05, 0) is 19.9 Å². The third kappa shape index (κ3) is 4.85. The molecule has 1 saturated heterocycles. The van der Waals surface area contributed by atoms with Gasteiger partial charge in [-0.3, -0.25) is 4.68 Å². The molecule has 0 unspecified atom stereocenters. The molecule has 1 fully saturated rings. The van der Waals surface area contributed by atoms with Crippen LogP contribution in [0.15, 0.2) is 6.20 Å². The summed E-state index contributed by atoms with van der Waals surface area (Å²) < 4.78 is 7.34. The van der Waals surface area contributed by atoms with Crippen molar-refractivity contribution in [2.75, 3.05) is 26.8 Å². The monoisotopic (exact) mass is 281 g/mol. The predicted molar refractivity (Wildman–Crippen MR) is 78.5 cm³/mol. The molecule has 1 aliphatic rings. The van der Waals surface area contributed by atoms with Gasteiger partial charge in [0.1, 0.15) is 0 Å². The quantitative estimate of drug-likeness (QED) is 0.804. The van der Waals surface area contributed by atoms with Gasteiger partial charge in [0, 0.05) is 44.6 Å². The highest BCUT2D eigenvalue weighted by molar-refractivity contribution is 4.91. The summed E-state index contributed by atoms with van der Waals surface area (Å²) >= 11 is 0. The molecule has 0 aromatic carbocycles. The Labute approximate surface area is 121 Å². The summed E-state index contributed by atoms with van der Waals surface area (Å²) in [4.78, 5) is 2.41. The molecule has 0 atom stereocenters. The molecule has 1 N–H and O–H groups in total. The minimum atomic E-state index is 0.472. The molecule has 1 aromatic heterocycles. The van der Waals surface area contributed by atoms with Crippen LogP contribution < -0.4 is 5.32 Å². The zero-order valence-corrected chi connectivity index (χ0v) is 12.9. The standard InChI is InChI=1S/C14H27N5O/c1-12(2)15-10-13-11-19(17-16-13)7-6-18(3)14-4-8-20-9-5-14/h11-12,14-15H,4-10H2,1-3H3. The van der Waals surface area contributed by atoms with Gasteiger partial charge in [-0.15, -0.1) is 5.10 Å². The average molecular weight is 281 g/mol. The minimum absolute atomic E-state index is 0.472. The van der Waals surface area contributed by atoms with E-state index in [0.29, 0.717) is 12.1 Å². The largest absolute Gasteiger partial charge is 0.381 e. The van der Waals surface area contributed by atoms with Crippen molar-refractivity contribution < 1.29 is 4.74 Å². The molecule has 6 nitrogen and oxygen atoms in total. The average Bonchev–Trinajstić information content (AvgIpc) is 2.91. The van der Waals surface area contributed by atoms with E-state index >= 15 is 0 Å². The van der Waals surface area contributed by atoms with Crippen LogP contribution in [0.1, 0.15) is 32.4 Å². The van der Waals surface area contributed by atoms with Crippen LogP contribution in [0.4, 0.5) is 0 Å². The number of hydrogen-bond acceptors (Lipinski definition) is 5. The second kappa shape index (κ2) is 7.71. The third-order valence-corrected chi connectivity index (χ3v) is 3.77. The smallest absolute Gasteiger partial charge is 0.0964 e. The summed E-state index contributed by atoms with van der Waals surface area (Å²) in [5.41, 5.74) is 1.01. The van der Waals surface area contributed by atoms with Gasteiger partial charge in [0.15, 0.2) is 0 Å². The number of aromatic nitrogens is 3. The normalized spacial score (nSPS) is 17.2. The van der Waals surface area contributed by atoms with Crippen LogP contribution in [0.25, 0.3) is 0 Å². The lowest BCUT2D eigenvalue weighted by molar-refractivity contribution is 0.0418. The Balaban J connectivity index is 1.73. The summed E-state index contributed by atoms with van der Waals surface area (Å²) in [6.07, 6.45) is 4.31. The second-order valence-corrected chi connectivity index (χ2v) is 5.83. The summed E-state index contributed by atoms with van der Waals surface area (Å²) in [7, 11) is 2.19. The van der Waals surface area contributed by atoms with Gasteiger partial charge in [0.2, 0.25) is 0 Å². The molecule has 1 aromatic rings.